The first kappa shape index (κ1) is 15.4. The lowest BCUT2D eigenvalue weighted by Gasteiger charge is -2.28. The molecule has 2 heterocycles. The molecular formula is C13H22N4O2. The van der Waals surface area contributed by atoms with Gasteiger partial charge in [0.1, 0.15) is 5.82 Å². The second kappa shape index (κ2) is 7.68. The summed E-state index contributed by atoms with van der Waals surface area (Å²) in [6.07, 6.45) is 3.53. The molecule has 1 saturated heterocycles. The number of nitrogens with two attached hydrogens (primary N) is 1. The molecule has 0 spiro atoms. The van der Waals surface area contributed by atoms with Crippen molar-refractivity contribution in [2.75, 3.05) is 18.5 Å². The number of primary amides is 1. The van der Waals surface area contributed by atoms with E-state index in [9.17, 15) is 4.79 Å². The molecule has 1 amide bonds. The van der Waals surface area contributed by atoms with Crippen LogP contribution in [0, 0.1) is 0 Å². The second-order valence-corrected chi connectivity index (χ2v) is 4.35. The van der Waals surface area contributed by atoms with Crippen molar-refractivity contribution in [3.63, 3.8) is 0 Å². The summed E-state index contributed by atoms with van der Waals surface area (Å²) >= 11 is 0. The normalized spacial score (nSPS) is 14.1. The monoisotopic (exact) mass is 266 g/mol. The summed E-state index contributed by atoms with van der Waals surface area (Å²) in [5.74, 6) is 0.0732. The summed E-state index contributed by atoms with van der Waals surface area (Å²) in [7, 11) is 0. The number of anilines is 1. The van der Waals surface area contributed by atoms with Gasteiger partial charge in [0.15, 0.2) is 5.69 Å². The van der Waals surface area contributed by atoms with Crippen molar-refractivity contribution in [3.8, 4) is 0 Å². The number of aromatic nitrogens is 2. The van der Waals surface area contributed by atoms with Crippen molar-refractivity contribution in [2.24, 2.45) is 5.73 Å². The molecule has 1 aliphatic heterocycles. The molecule has 0 unspecified atom stereocenters. The number of ether oxygens (including phenoxy) is 1. The van der Waals surface area contributed by atoms with E-state index in [1.807, 2.05) is 6.92 Å². The smallest absolute Gasteiger partial charge is 0.269 e. The number of nitrogens with one attached hydrogen (secondary N) is 1. The van der Waals surface area contributed by atoms with E-state index in [0.29, 0.717) is 31.1 Å². The van der Waals surface area contributed by atoms with E-state index in [1.54, 1.807) is 6.20 Å². The molecule has 106 valence electrons. The van der Waals surface area contributed by atoms with Crippen molar-refractivity contribution < 1.29 is 9.53 Å². The molecule has 19 heavy (non-hydrogen) atoms. The van der Waals surface area contributed by atoms with Gasteiger partial charge in [-0.05, 0) is 0 Å². The largest absolute Gasteiger partial charge is 0.377 e. The average molecular weight is 266 g/mol. The first-order valence-corrected chi connectivity index (χ1v) is 6.62. The van der Waals surface area contributed by atoms with Crippen LogP contribution in [-0.4, -0.2) is 35.1 Å². The fraction of sp³-hybridized carbons (Fsp3) is 0.615. The maximum absolute atomic E-state index is 11.2. The molecule has 1 fully saturated rings. The number of carbonyl (C=O) groups is 1. The zero-order valence-corrected chi connectivity index (χ0v) is 11.8. The molecule has 0 radical (unpaired) electrons. The van der Waals surface area contributed by atoms with Gasteiger partial charge < -0.3 is 15.8 Å². The Labute approximate surface area is 113 Å². The van der Waals surface area contributed by atoms with Crippen LogP contribution in [0.3, 0.4) is 0 Å². The van der Waals surface area contributed by atoms with Crippen LogP contribution in [0.5, 0.6) is 0 Å². The van der Waals surface area contributed by atoms with Gasteiger partial charge in [-0.15, -0.1) is 0 Å². The van der Waals surface area contributed by atoms with E-state index in [1.165, 1.54) is 6.42 Å². The number of nitrogens with zero attached hydrogens (tertiary/aromatic N) is 2. The van der Waals surface area contributed by atoms with Gasteiger partial charge in [0.2, 0.25) is 0 Å². The lowest BCUT2D eigenvalue weighted by Crippen LogP contribution is -2.41. The Hall–Kier alpha value is -1.69. The van der Waals surface area contributed by atoms with Crippen LogP contribution in [0.1, 0.15) is 43.5 Å². The van der Waals surface area contributed by atoms with E-state index in [2.05, 4.69) is 29.1 Å². The highest BCUT2D eigenvalue weighted by atomic mass is 16.5. The second-order valence-electron chi connectivity index (χ2n) is 4.35. The fourth-order valence-corrected chi connectivity index (χ4v) is 1.42. The topological polar surface area (TPSA) is 90.1 Å². The molecule has 0 bridgehead atoms. The van der Waals surface area contributed by atoms with Crippen molar-refractivity contribution in [2.45, 2.75) is 39.7 Å². The highest BCUT2D eigenvalue weighted by Crippen LogP contribution is 2.15. The highest BCUT2D eigenvalue weighted by molar-refractivity contribution is 5.96. The van der Waals surface area contributed by atoms with Crippen LogP contribution in [0.15, 0.2) is 6.20 Å². The third-order valence-electron chi connectivity index (χ3n) is 2.39. The van der Waals surface area contributed by atoms with Crippen molar-refractivity contribution in [1.29, 1.82) is 0 Å². The Kier molecular flexibility index (Phi) is 6.21. The third-order valence-corrected chi connectivity index (χ3v) is 2.39. The summed E-state index contributed by atoms with van der Waals surface area (Å²) < 4.78 is 5.03. The summed E-state index contributed by atoms with van der Waals surface area (Å²) in [6, 6.07) is 0.217. The van der Waals surface area contributed by atoms with E-state index in [-0.39, 0.29) is 11.7 Å². The quantitative estimate of drug-likeness (QED) is 0.859. The predicted molar refractivity (Wildman–Crippen MR) is 74.1 cm³/mol. The number of aryl methyl sites for hydroxylation is 1. The minimum Gasteiger partial charge on any atom is -0.377 e. The summed E-state index contributed by atoms with van der Waals surface area (Å²) in [4.78, 5) is 19.5. The average Bonchev–Trinajstić information content (AvgIpc) is 2.34. The number of amides is 1. The van der Waals surface area contributed by atoms with Crippen LogP contribution < -0.4 is 11.1 Å². The Bertz CT molecular complexity index is 419. The van der Waals surface area contributed by atoms with Crippen molar-refractivity contribution >= 4 is 11.6 Å². The van der Waals surface area contributed by atoms with Crippen LogP contribution >= 0.6 is 0 Å². The van der Waals surface area contributed by atoms with Gasteiger partial charge in [-0.3, -0.25) is 4.79 Å². The molecule has 1 aliphatic rings. The Morgan fingerprint density at radius 1 is 1.47 bits per heavy atom. The standard InChI is InChI=1S/C10H14N4O2.C3H8/c1-2-8-12-3-7(9(14-8)10(11)15)13-6-4-16-5-6;1-3-2/h3,6,13H,2,4-5H2,1H3,(H2,11,15);3H2,1-2H3. The van der Waals surface area contributed by atoms with Crippen LogP contribution in [-0.2, 0) is 11.2 Å². The number of rotatable bonds is 4. The third kappa shape index (κ3) is 4.48. The van der Waals surface area contributed by atoms with E-state index < -0.39 is 5.91 Å². The van der Waals surface area contributed by atoms with Crippen LogP contribution in [0.25, 0.3) is 0 Å². The van der Waals surface area contributed by atoms with Gasteiger partial charge >= 0.3 is 0 Å². The molecule has 0 aromatic carbocycles. The van der Waals surface area contributed by atoms with Gasteiger partial charge in [0.05, 0.1) is 31.1 Å². The molecule has 0 atom stereocenters. The van der Waals surface area contributed by atoms with E-state index >= 15 is 0 Å². The van der Waals surface area contributed by atoms with Gasteiger partial charge in [-0.1, -0.05) is 27.2 Å². The number of hydrogen-bond acceptors (Lipinski definition) is 5. The van der Waals surface area contributed by atoms with E-state index in [4.69, 9.17) is 10.5 Å². The Morgan fingerprint density at radius 2 is 2.11 bits per heavy atom. The molecular weight excluding hydrogens is 244 g/mol. The van der Waals surface area contributed by atoms with Gasteiger partial charge in [0.25, 0.3) is 5.91 Å². The predicted octanol–water partition coefficient (Wildman–Crippen LogP) is 1.36. The number of hydrogen-bond donors (Lipinski definition) is 2. The van der Waals surface area contributed by atoms with E-state index in [0.717, 1.165) is 0 Å². The molecule has 6 nitrogen and oxygen atoms in total. The molecule has 2 rings (SSSR count). The molecule has 1 aromatic heterocycles. The zero-order chi connectivity index (χ0) is 14.3. The first-order valence-electron chi connectivity index (χ1n) is 6.62. The van der Waals surface area contributed by atoms with Crippen LogP contribution in [0.4, 0.5) is 5.69 Å². The zero-order valence-electron chi connectivity index (χ0n) is 11.8. The van der Waals surface area contributed by atoms with Gasteiger partial charge in [-0.25, -0.2) is 9.97 Å². The molecule has 3 N–H and O–H groups in total. The first-order chi connectivity index (χ1) is 9.12. The molecule has 0 aliphatic carbocycles. The van der Waals surface area contributed by atoms with Crippen molar-refractivity contribution in [1.82, 2.24) is 9.97 Å². The Balaban J connectivity index is 0.000000550. The summed E-state index contributed by atoms with van der Waals surface area (Å²) in [5.41, 5.74) is 6.10. The SMILES string of the molecule is CCC.CCc1ncc(NC2COC2)c(C(N)=O)n1. The summed E-state index contributed by atoms with van der Waals surface area (Å²) in [5, 5.41) is 3.13. The Morgan fingerprint density at radius 3 is 2.53 bits per heavy atom. The lowest BCUT2D eigenvalue weighted by molar-refractivity contribution is 0.0210. The fourth-order valence-electron chi connectivity index (χ4n) is 1.42. The summed E-state index contributed by atoms with van der Waals surface area (Å²) in [6.45, 7) is 7.44. The molecule has 0 saturated carbocycles. The molecule has 6 heteroatoms. The van der Waals surface area contributed by atoms with Crippen LogP contribution in [0.2, 0.25) is 0 Å². The minimum atomic E-state index is -0.542. The van der Waals surface area contributed by atoms with Gasteiger partial charge in [-0.2, -0.15) is 0 Å². The maximum atomic E-state index is 11.2. The lowest BCUT2D eigenvalue weighted by atomic mass is 10.2. The molecule has 1 aromatic rings. The maximum Gasteiger partial charge on any atom is 0.269 e. The van der Waals surface area contributed by atoms with Crippen molar-refractivity contribution in [3.05, 3.63) is 17.7 Å². The number of carbonyl (C=O) groups excluding carboxylic acids is 1. The van der Waals surface area contributed by atoms with Gasteiger partial charge in [0, 0.05) is 6.42 Å². The highest BCUT2D eigenvalue weighted by Gasteiger charge is 2.21. The minimum absolute atomic E-state index is 0.217.